The van der Waals surface area contributed by atoms with E-state index in [-0.39, 0.29) is 10.8 Å². The number of hydrogen-bond donors (Lipinski definition) is 1. The summed E-state index contributed by atoms with van der Waals surface area (Å²) >= 11 is 4.87. The van der Waals surface area contributed by atoms with Gasteiger partial charge in [0.05, 0.1) is 0 Å². The number of rotatable bonds is 5. The van der Waals surface area contributed by atoms with Crippen LogP contribution in [-0.2, 0) is 13.1 Å². The first-order valence-electron chi connectivity index (χ1n) is 6.78. The number of aryl methyl sites for hydroxylation is 1. The quantitative estimate of drug-likeness (QED) is 0.858. The molecule has 0 heterocycles. The molecule has 2 N–H and O–H groups in total. The van der Waals surface area contributed by atoms with Gasteiger partial charge in [-0.2, -0.15) is 0 Å². The summed E-state index contributed by atoms with van der Waals surface area (Å²) < 4.78 is 13.6. The van der Waals surface area contributed by atoms with Crippen molar-refractivity contribution in [2.75, 3.05) is 7.05 Å². The molecular formula is C17H19FN2S. The van der Waals surface area contributed by atoms with Gasteiger partial charge < -0.3 is 5.73 Å². The average molecular weight is 302 g/mol. The normalized spacial score (nSPS) is 10.9. The Morgan fingerprint density at radius 1 is 1.14 bits per heavy atom. The summed E-state index contributed by atoms with van der Waals surface area (Å²) in [5.41, 5.74) is 9.35. The van der Waals surface area contributed by atoms with Gasteiger partial charge in [-0.3, -0.25) is 4.90 Å². The van der Waals surface area contributed by atoms with Crippen molar-refractivity contribution in [3.05, 3.63) is 70.5 Å². The second kappa shape index (κ2) is 6.78. The van der Waals surface area contributed by atoms with E-state index in [1.54, 1.807) is 12.1 Å². The van der Waals surface area contributed by atoms with Crippen LogP contribution in [-0.4, -0.2) is 16.9 Å². The van der Waals surface area contributed by atoms with Crippen molar-refractivity contribution >= 4 is 17.2 Å². The maximum Gasteiger partial charge on any atom is 0.133 e. The lowest BCUT2D eigenvalue weighted by atomic mass is 10.1. The third-order valence-electron chi connectivity index (χ3n) is 3.28. The van der Waals surface area contributed by atoms with Crippen molar-refractivity contribution < 1.29 is 4.39 Å². The van der Waals surface area contributed by atoms with E-state index < -0.39 is 0 Å². The molecule has 0 aliphatic carbocycles. The van der Waals surface area contributed by atoms with E-state index in [4.69, 9.17) is 18.0 Å². The van der Waals surface area contributed by atoms with Crippen LogP contribution in [0.2, 0.25) is 0 Å². The zero-order valence-corrected chi connectivity index (χ0v) is 13.1. The topological polar surface area (TPSA) is 29.3 Å². The Morgan fingerprint density at radius 3 is 2.43 bits per heavy atom. The van der Waals surface area contributed by atoms with Crippen LogP contribution < -0.4 is 5.73 Å². The zero-order chi connectivity index (χ0) is 15.4. The molecule has 110 valence electrons. The van der Waals surface area contributed by atoms with E-state index >= 15 is 0 Å². The number of halogens is 1. The van der Waals surface area contributed by atoms with Crippen molar-refractivity contribution in [2.24, 2.45) is 5.73 Å². The largest absolute Gasteiger partial charge is 0.389 e. The molecule has 2 nitrogen and oxygen atoms in total. The van der Waals surface area contributed by atoms with E-state index in [2.05, 4.69) is 36.1 Å². The third kappa shape index (κ3) is 4.34. The molecule has 0 amide bonds. The molecule has 2 aromatic rings. The molecule has 0 spiro atoms. The van der Waals surface area contributed by atoms with Crippen molar-refractivity contribution in [3.63, 3.8) is 0 Å². The minimum absolute atomic E-state index is 0.0932. The van der Waals surface area contributed by atoms with Crippen LogP contribution in [0.15, 0.2) is 42.5 Å². The lowest BCUT2D eigenvalue weighted by molar-refractivity contribution is 0.319. The van der Waals surface area contributed by atoms with Gasteiger partial charge in [-0.1, -0.05) is 48.1 Å². The van der Waals surface area contributed by atoms with Gasteiger partial charge in [0.1, 0.15) is 10.8 Å². The SMILES string of the molecule is Cc1cccc(CN(C)Cc2ccc(F)c(C(N)=S)c2)c1. The van der Waals surface area contributed by atoms with Crippen molar-refractivity contribution in [1.29, 1.82) is 0 Å². The Morgan fingerprint density at radius 2 is 1.81 bits per heavy atom. The standard InChI is InChI=1S/C17H19FN2S/c1-12-4-3-5-13(8-12)10-20(2)11-14-6-7-16(18)15(9-14)17(19)21/h3-9H,10-11H2,1-2H3,(H2,19,21). The predicted octanol–water partition coefficient (Wildman–Crippen LogP) is 3.40. The minimum atomic E-state index is -0.368. The molecule has 0 bridgehead atoms. The molecule has 2 rings (SSSR count). The lowest BCUT2D eigenvalue weighted by Crippen LogP contribution is -2.18. The molecule has 21 heavy (non-hydrogen) atoms. The van der Waals surface area contributed by atoms with Crippen molar-refractivity contribution in [2.45, 2.75) is 20.0 Å². The van der Waals surface area contributed by atoms with Crippen LogP contribution in [0.3, 0.4) is 0 Å². The summed E-state index contributed by atoms with van der Waals surface area (Å²) in [4.78, 5) is 2.27. The Kier molecular flexibility index (Phi) is 5.04. The fourth-order valence-corrected chi connectivity index (χ4v) is 2.51. The van der Waals surface area contributed by atoms with Crippen LogP contribution in [0.4, 0.5) is 4.39 Å². The summed E-state index contributed by atoms with van der Waals surface area (Å²) in [5, 5.41) is 0. The second-order valence-corrected chi connectivity index (χ2v) is 5.78. The molecule has 0 saturated heterocycles. The van der Waals surface area contributed by atoms with Crippen molar-refractivity contribution in [3.8, 4) is 0 Å². The molecular weight excluding hydrogens is 283 g/mol. The molecule has 0 radical (unpaired) electrons. The number of hydrogen-bond acceptors (Lipinski definition) is 2. The van der Waals surface area contributed by atoms with Crippen LogP contribution in [0, 0.1) is 12.7 Å². The van der Waals surface area contributed by atoms with E-state index in [0.717, 1.165) is 12.1 Å². The molecule has 2 aromatic carbocycles. The second-order valence-electron chi connectivity index (χ2n) is 5.34. The zero-order valence-electron chi connectivity index (χ0n) is 12.3. The van der Waals surface area contributed by atoms with Crippen LogP contribution in [0.1, 0.15) is 22.3 Å². The average Bonchev–Trinajstić information content (AvgIpc) is 2.40. The van der Waals surface area contributed by atoms with Gasteiger partial charge in [-0.05, 0) is 37.2 Å². The fourth-order valence-electron chi connectivity index (χ4n) is 2.35. The van der Waals surface area contributed by atoms with Gasteiger partial charge in [0.2, 0.25) is 0 Å². The first kappa shape index (κ1) is 15.6. The molecule has 0 aliphatic heterocycles. The van der Waals surface area contributed by atoms with Crippen molar-refractivity contribution in [1.82, 2.24) is 4.90 Å². The molecule has 4 heteroatoms. The molecule has 0 atom stereocenters. The van der Waals surface area contributed by atoms with Crippen LogP contribution >= 0.6 is 12.2 Å². The van der Waals surface area contributed by atoms with Gasteiger partial charge >= 0.3 is 0 Å². The summed E-state index contributed by atoms with van der Waals surface area (Å²) in [6, 6.07) is 13.3. The van der Waals surface area contributed by atoms with Crippen LogP contribution in [0.25, 0.3) is 0 Å². The Balaban J connectivity index is 2.07. The first-order chi connectivity index (χ1) is 9.95. The van der Waals surface area contributed by atoms with Gasteiger partial charge in [-0.15, -0.1) is 0 Å². The number of thiocarbonyl (C=S) groups is 1. The molecule has 0 fully saturated rings. The van der Waals surface area contributed by atoms with Crippen LogP contribution in [0.5, 0.6) is 0 Å². The maximum absolute atomic E-state index is 13.6. The molecule has 0 aromatic heterocycles. The number of nitrogens with zero attached hydrogens (tertiary/aromatic N) is 1. The van der Waals surface area contributed by atoms with E-state index in [1.807, 2.05) is 7.05 Å². The monoisotopic (exact) mass is 302 g/mol. The number of nitrogens with two attached hydrogens (primary N) is 1. The number of benzene rings is 2. The molecule has 0 saturated carbocycles. The van der Waals surface area contributed by atoms with E-state index in [1.165, 1.54) is 17.2 Å². The highest BCUT2D eigenvalue weighted by Gasteiger charge is 2.08. The Bertz CT molecular complexity index is 655. The van der Waals surface area contributed by atoms with Gasteiger partial charge in [0.15, 0.2) is 0 Å². The smallest absolute Gasteiger partial charge is 0.133 e. The third-order valence-corrected chi connectivity index (χ3v) is 3.50. The fraction of sp³-hybridized carbons (Fsp3) is 0.235. The minimum Gasteiger partial charge on any atom is -0.389 e. The highest BCUT2D eigenvalue weighted by molar-refractivity contribution is 7.80. The summed E-state index contributed by atoms with van der Waals surface area (Å²) in [7, 11) is 2.03. The Hall–Kier alpha value is -1.78. The summed E-state index contributed by atoms with van der Waals surface area (Å²) in [5.74, 6) is -0.368. The highest BCUT2D eigenvalue weighted by Crippen LogP contribution is 2.14. The van der Waals surface area contributed by atoms with Gasteiger partial charge in [-0.25, -0.2) is 4.39 Å². The van der Waals surface area contributed by atoms with E-state index in [9.17, 15) is 4.39 Å². The predicted molar refractivity (Wildman–Crippen MR) is 88.6 cm³/mol. The highest BCUT2D eigenvalue weighted by atomic mass is 32.1. The molecule has 0 aliphatic rings. The lowest BCUT2D eigenvalue weighted by Gasteiger charge is -2.17. The Labute approximate surface area is 130 Å². The summed E-state index contributed by atoms with van der Waals surface area (Å²) in [6.45, 7) is 3.63. The van der Waals surface area contributed by atoms with Gasteiger partial charge in [0, 0.05) is 18.7 Å². The molecule has 0 unspecified atom stereocenters. The van der Waals surface area contributed by atoms with E-state index in [0.29, 0.717) is 12.1 Å². The van der Waals surface area contributed by atoms with Gasteiger partial charge in [0.25, 0.3) is 0 Å². The summed E-state index contributed by atoms with van der Waals surface area (Å²) in [6.07, 6.45) is 0. The maximum atomic E-state index is 13.6. The first-order valence-corrected chi connectivity index (χ1v) is 7.19.